The fraction of sp³-hybridized carbons (Fsp3) is 0.737. The van der Waals surface area contributed by atoms with Crippen LogP contribution in [0, 0.1) is 5.92 Å². The van der Waals surface area contributed by atoms with Crippen molar-refractivity contribution in [2.75, 3.05) is 0 Å². The lowest BCUT2D eigenvalue weighted by molar-refractivity contribution is -0.285. The van der Waals surface area contributed by atoms with Crippen molar-refractivity contribution in [3.63, 3.8) is 0 Å². The fourth-order valence-electron chi connectivity index (χ4n) is 2.65. The van der Waals surface area contributed by atoms with E-state index in [0.29, 0.717) is 12.8 Å². The minimum atomic E-state index is -5.22. The molecule has 0 unspecified atom stereocenters. The summed E-state index contributed by atoms with van der Waals surface area (Å²) in [6.45, 7) is 3.34. The van der Waals surface area contributed by atoms with Gasteiger partial charge >= 0.3 is 12.4 Å². The molecule has 0 aliphatic heterocycles. The Hall–Kier alpha value is -1.27. The fourth-order valence-corrected chi connectivity index (χ4v) is 2.65. The van der Waals surface area contributed by atoms with Crippen molar-refractivity contribution in [3.8, 4) is 0 Å². The molecule has 0 saturated heterocycles. The van der Waals surface area contributed by atoms with E-state index in [-0.39, 0.29) is 12.2 Å². The summed E-state index contributed by atoms with van der Waals surface area (Å²) in [6, 6.07) is 0. The SMILES string of the molecule is CC(=O)/C=C(C)/C=C/CCCCCCCCCC(C(F)(F)F)C(F)(F)F. The Morgan fingerprint density at radius 3 is 1.73 bits per heavy atom. The van der Waals surface area contributed by atoms with Crippen molar-refractivity contribution in [3.05, 3.63) is 23.8 Å². The molecule has 0 N–H and O–H groups in total. The zero-order valence-corrected chi connectivity index (χ0v) is 15.3. The van der Waals surface area contributed by atoms with Crippen LogP contribution in [0.2, 0.25) is 0 Å². The standard InChI is InChI=1S/C19H28F6O/c1-15(14-16(2)26)12-10-8-6-4-3-5-7-9-11-13-17(18(20,21)22)19(23,24)25/h10,12,14,17H,3-9,11,13H2,1-2H3/b12-10+,15-14+. The highest BCUT2D eigenvalue weighted by Crippen LogP contribution is 2.42. The molecule has 0 saturated carbocycles. The maximum absolute atomic E-state index is 12.4. The summed E-state index contributed by atoms with van der Waals surface area (Å²) in [5, 5.41) is 0. The predicted octanol–water partition coefficient (Wildman–Crippen LogP) is 7.33. The van der Waals surface area contributed by atoms with Crippen LogP contribution in [0.3, 0.4) is 0 Å². The maximum atomic E-state index is 12.4. The smallest absolute Gasteiger partial charge is 0.295 e. The van der Waals surface area contributed by atoms with Crippen LogP contribution in [0.25, 0.3) is 0 Å². The zero-order valence-electron chi connectivity index (χ0n) is 15.3. The minimum Gasteiger partial charge on any atom is -0.295 e. The molecule has 152 valence electrons. The second-order valence-electron chi connectivity index (χ2n) is 6.59. The molecule has 0 atom stereocenters. The lowest BCUT2D eigenvalue weighted by Gasteiger charge is -2.22. The number of halogens is 6. The Labute approximate surface area is 151 Å². The van der Waals surface area contributed by atoms with Gasteiger partial charge < -0.3 is 0 Å². The first-order valence-electron chi connectivity index (χ1n) is 8.93. The molecule has 0 amide bonds. The van der Waals surface area contributed by atoms with Gasteiger partial charge in [0.25, 0.3) is 0 Å². The van der Waals surface area contributed by atoms with Crippen LogP contribution in [0.4, 0.5) is 26.3 Å². The average Bonchev–Trinajstić information content (AvgIpc) is 2.44. The van der Waals surface area contributed by atoms with Crippen LogP contribution in [-0.4, -0.2) is 18.1 Å². The summed E-state index contributed by atoms with van der Waals surface area (Å²) in [6.07, 6.45) is -0.374. The summed E-state index contributed by atoms with van der Waals surface area (Å²) < 4.78 is 74.2. The molecule has 1 nitrogen and oxygen atoms in total. The Kier molecular flexibility index (Phi) is 11.6. The van der Waals surface area contributed by atoms with Crippen molar-refractivity contribution in [2.24, 2.45) is 5.92 Å². The Morgan fingerprint density at radius 1 is 0.808 bits per heavy atom. The van der Waals surface area contributed by atoms with E-state index in [0.717, 1.165) is 37.7 Å². The lowest BCUT2D eigenvalue weighted by Crippen LogP contribution is -2.36. The highest BCUT2D eigenvalue weighted by molar-refractivity contribution is 5.88. The van der Waals surface area contributed by atoms with Crippen molar-refractivity contribution in [2.45, 2.75) is 84.0 Å². The van der Waals surface area contributed by atoms with E-state index >= 15 is 0 Å². The van der Waals surface area contributed by atoms with Crippen LogP contribution < -0.4 is 0 Å². The monoisotopic (exact) mass is 386 g/mol. The van der Waals surface area contributed by atoms with Gasteiger partial charge in [0.2, 0.25) is 0 Å². The zero-order chi connectivity index (χ0) is 20.2. The molecule has 0 spiro atoms. The molecule has 0 rings (SSSR count). The molecule has 0 aromatic rings. The van der Waals surface area contributed by atoms with Crippen molar-refractivity contribution in [1.29, 1.82) is 0 Å². The van der Waals surface area contributed by atoms with Crippen LogP contribution in [0.15, 0.2) is 23.8 Å². The molecule has 26 heavy (non-hydrogen) atoms. The predicted molar refractivity (Wildman–Crippen MR) is 90.7 cm³/mol. The van der Waals surface area contributed by atoms with E-state index in [1.807, 2.05) is 19.1 Å². The van der Waals surface area contributed by atoms with Crippen LogP contribution in [0.5, 0.6) is 0 Å². The normalized spacial score (nSPS) is 13.8. The van der Waals surface area contributed by atoms with Crippen LogP contribution in [0.1, 0.15) is 71.6 Å². The Balaban J connectivity index is 3.74. The first-order valence-corrected chi connectivity index (χ1v) is 8.93. The number of hydrogen-bond donors (Lipinski definition) is 0. The highest BCUT2D eigenvalue weighted by Gasteiger charge is 2.55. The van der Waals surface area contributed by atoms with Gasteiger partial charge in [0.05, 0.1) is 0 Å². The van der Waals surface area contributed by atoms with Gasteiger partial charge in [-0.25, -0.2) is 0 Å². The molecule has 0 aliphatic rings. The molecule has 0 radical (unpaired) electrons. The second-order valence-corrected chi connectivity index (χ2v) is 6.59. The molecule has 0 bridgehead atoms. The molecule has 7 heteroatoms. The van der Waals surface area contributed by atoms with Gasteiger partial charge in [0.1, 0.15) is 0 Å². The van der Waals surface area contributed by atoms with E-state index in [2.05, 4.69) is 0 Å². The number of carbonyl (C=O) groups excluding carboxylic acids is 1. The molecular weight excluding hydrogens is 358 g/mol. The van der Waals surface area contributed by atoms with Crippen molar-refractivity contribution >= 4 is 5.78 Å². The Bertz CT molecular complexity index is 446. The third-order valence-electron chi connectivity index (χ3n) is 3.97. The van der Waals surface area contributed by atoms with Gasteiger partial charge in [-0.2, -0.15) is 26.3 Å². The van der Waals surface area contributed by atoms with Gasteiger partial charge in [-0.1, -0.05) is 50.7 Å². The van der Waals surface area contributed by atoms with E-state index in [1.165, 1.54) is 6.92 Å². The number of rotatable bonds is 12. The number of unbranched alkanes of at least 4 members (excludes halogenated alkanes) is 7. The van der Waals surface area contributed by atoms with Crippen LogP contribution in [-0.2, 0) is 4.79 Å². The number of allylic oxidation sites excluding steroid dienone is 4. The summed E-state index contributed by atoms with van der Waals surface area (Å²) in [5.41, 5.74) is 0.897. The van der Waals surface area contributed by atoms with E-state index in [4.69, 9.17) is 0 Å². The molecule has 0 heterocycles. The summed E-state index contributed by atoms with van der Waals surface area (Å²) in [4.78, 5) is 10.8. The van der Waals surface area contributed by atoms with Gasteiger partial charge in [-0.3, -0.25) is 4.79 Å². The van der Waals surface area contributed by atoms with E-state index in [9.17, 15) is 31.1 Å². The Morgan fingerprint density at radius 2 is 1.27 bits per heavy atom. The number of carbonyl (C=O) groups is 1. The van der Waals surface area contributed by atoms with Gasteiger partial charge in [-0.05, 0) is 44.8 Å². The third-order valence-corrected chi connectivity index (χ3v) is 3.97. The van der Waals surface area contributed by atoms with Crippen molar-refractivity contribution < 1.29 is 31.1 Å². The molecular formula is C19H28F6O. The van der Waals surface area contributed by atoms with Crippen molar-refractivity contribution in [1.82, 2.24) is 0 Å². The average molecular weight is 386 g/mol. The summed E-state index contributed by atoms with van der Waals surface area (Å²) in [5.74, 6) is -3.20. The second kappa shape index (κ2) is 12.2. The molecule has 0 aromatic carbocycles. The van der Waals surface area contributed by atoms with Crippen LogP contribution >= 0.6 is 0 Å². The summed E-state index contributed by atoms with van der Waals surface area (Å²) >= 11 is 0. The maximum Gasteiger partial charge on any atom is 0.400 e. The molecule has 0 fully saturated rings. The minimum absolute atomic E-state index is 0.00365. The first kappa shape index (κ1) is 24.7. The van der Waals surface area contributed by atoms with Gasteiger partial charge in [-0.15, -0.1) is 0 Å². The lowest BCUT2D eigenvalue weighted by atomic mass is 9.99. The summed E-state index contributed by atoms with van der Waals surface area (Å²) in [7, 11) is 0. The third kappa shape index (κ3) is 13.0. The highest BCUT2D eigenvalue weighted by atomic mass is 19.4. The topological polar surface area (TPSA) is 17.1 Å². The number of alkyl halides is 6. The number of ketones is 1. The molecule has 0 aromatic heterocycles. The quantitative estimate of drug-likeness (QED) is 0.148. The molecule has 0 aliphatic carbocycles. The van der Waals surface area contributed by atoms with E-state index < -0.39 is 24.7 Å². The first-order chi connectivity index (χ1) is 11.9. The van der Waals surface area contributed by atoms with Gasteiger partial charge in [0.15, 0.2) is 11.7 Å². The van der Waals surface area contributed by atoms with Gasteiger partial charge in [0, 0.05) is 0 Å². The van der Waals surface area contributed by atoms with E-state index in [1.54, 1.807) is 6.08 Å². The largest absolute Gasteiger partial charge is 0.400 e. The number of hydrogen-bond acceptors (Lipinski definition) is 1.